The summed E-state index contributed by atoms with van der Waals surface area (Å²) >= 11 is 0.167. The first-order valence-corrected chi connectivity index (χ1v) is 7.00. The molecule has 13 heavy (non-hydrogen) atoms. The zero-order valence-corrected chi connectivity index (χ0v) is 9.83. The van der Waals surface area contributed by atoms with Crippen molar-refractivity contribution >= 4 is 0 Å². The van der Waals surface area contributed by atoms with Gasteiger partial charge in [-0.2, -0.15) is 0 Å². The molecule has 1 aliphatic rings. The Morgan fingerprint density at radius 1 is 1.00 bits per heavy atom. The summed E-state index contributed by atoms with van der Waals surface area (Å²) < 4.78 is 3.31. The number of allylic oxidation sites excluding steroid dienone is 2. The van der Waals surface area contributed by atoms with Gasteiger partial charge in [-0.1, -0.05) is 18.2 Å². The predicted molar refractivity (Wildman–Crippen MR) is 51.7 cm³/mol. The highest BCUT2D eigenvalue weighted by Gasteiger charge is 2.19. The lowest BCUT2D eigenvalue weighted by molar-refractivity contribution is -0.579. The maximum Gasteiger partial charge on any atom is 0.352 e. The van der Waals surface area contributed by atoms with Gasteiger partial charge in [-0.25, -0.2) is 0 Å². The smallest absolute Gasteiger partial charge is 0.0619 e. The van der Waals surface area contributed by atoms with Crippen molar-refractivity contribution in [1.29, 1.82) is 0 Å². The highest BCUT2D eigenvalue weighted by atomic mass is 127. The lowest BCUT2D eigenvalue weighted by Gasteiger charge is -2.01. The Morgan fingerprint density at radius 3 is 2.54 bits per heavy atom. The highest BCUT2D eigenvalue weighted by molar-refractivity contribution is 5.01. The summed E-state index contributed by atoms with van der Waals surface area (Å²) in [6, 6.07) is 10.9. The minimum absolute atomic E-state index is 0.167. The molecule has 0 unspecified atom stereocenters. The van der Waals surface area contributed by atoms with Crippen molar-refractivity contribution in [3.05, 3.63) is 43.6 Å². The summed E-state index contributed by atoms with van der Waals surface area (Å²) in [4.78, 5) is 0. The van der Waals surface area contributed by atoms with Crippen molar-refractivity contribution in [2.75, 3.05) is 0 Å². The molecule has 0 N–H and O–H groups in total. The maximum atomic E-state index is 2.48. The molecular weight excluding hydrogens is 271 g/mol. The topological polar surface area (TPSA) is 0 Å². The van der Waals surface area contributed by atoms with Crippen molar-refractivity contribution in [2.45, 2.75) is 25.7 Å². The fourth-order valence-electron chi connectivity index (χ4n) is 1.50. The zero-order chi connectivity index (χ0) is 8.93. The summed E-state index contributed by atoms with van der Waals surface area (Å²) in [5.74, 6) is 0. The van der Waals surface area contributed by atoms with E-state index in [1.807, 2.05) is 0 Å². The molecule has 1 aromatic rings. The van der Waals surface area contributed by atoms with Crippen molar-refractivity contribution in [3.63, 3.8) is 0 Å². The monoisotopic (exact) mass is 285 g/mol. The average molecular weight is 285 g/mol. The molecule has 0 fully saturated rings. The lowest BCUT2D eigenvalue weighted by Crippen LogP contribution is -3.61. The normalized spacial score (nSPS) is 16.8. The molecule has 0 amide bonds. The van der Waals surface area contributed by atoms with Crippen LogP contribution in [0.1, 0.15) is 25.7 Å². The molecule has 1 aromatic carbocycles. The summed E-state index contributed by atoms with van der Waals surface area (Å²) in [5, 5.41) is 0. The first-order valence-electron chi connectivity index (χ1n) is 4.84. The van der Waals surface area contributed by atoms with Gasteiger partial charge in [-0.3, -0.25) is 0 Å². The van der Waals surface area contributed by atoms with Crippen LogP contribution in [0.3, 0.4) is 0 Å². The van der Waals surface area contributed by atoms with E-state index in [2.05, 4.69) is 36.4 Å². The Balaban J connectivity index is 2.01. The molecule has 1 heteroatoms. The van der Waals surface area contributed by atoms with Gasteiger partial charge in [0.25, 0.3) is 0 Å². The average Bonchev–Trinajstić information content (AvgIpc) is 2.21. The minimum Gasteiger partial charge on any atom is -0.0619 e. The van der Waals surface area contributed by atoms with Crippen molar-refractivity contribution < 1.29 is 21.2 Å². The zero-order valence-electron chi connectivity index (χ0n) is 7.67. The second kappa shape index (κ2) is 4.80. The van der Waals surface area contributed by atoms with Crippen LogP contribution < -0.4 is 21.2 Å². The van der Waals surface area contributed by atoms with Gasteiger partial charge in [-0.15, -0.1) is 0 Å². The molecule has 0 bridgehead atoms. The van der Waals surface area contributed by atoms with Crippen molar-refractivity contribution in [1.82, 2.24) is 0 Å². The van der Waals surface area contributed by atoms with Crippen LogP contribution in [-0.2, 0) is 0 Å². The third kappa shape index (κ3) is 2.83. The molecule has 1 aliphatic carbocycles. The molecule has 0 radical (unpaired) electrons. The van der Waals surface area contributed by atoms with Crippen LogP contribution in [0.4, 0.5) is 0 Å². The van der Waals surface area contributed by atoms with Crippen LogP contribution >= 0.6 is 0 Å². The Bertz CT molecular complexity index is 287. The molecule has 0 nitrogen and oxygen atoms in total. The van der Waals surface area contributed by atoms with Crippen LogP contribution in [0.25, 0.3) is 0 Å². The molecule has 0 spiro atoms. The van der Waals surface area contributed by atoms with Gasteiger partial charge in [0.1, 0.15) is 0 Å². The number of hydrogen-bond donors (Lipinski definition) is 0. The Morgan fingerprint density at radius 2 is 1.85 bits per heavy atom. The molecule has 0 atom stereocenters. The Kier molecular flexibility index (Phi) is 3.41. The summed E-state index contributed by atoms with van der Waals surface area (Å²) in [6.07, 6.45) is 7.98. The second-order valence-corrected chi connectivity index (χ2v) is 6.46. The van der Waals surface area contributed by atoms with Gasteiger partial charge >= 0.3 is 21.2 Å². The van der Waals surface area contributed by atoms with E-state index in [-0.39, 0.29) is 21.2 Å². The third-order valence-electron chi connectivity index (χ3n) is 2.20. The molecule has 0 aliphatic heterocycles. The predicted octanol–water partition coefficient (Wildman–Crippen LogP) is 0.403. The van der Waals surface area contributed by atoms with Crippen molar-refractivity contribution in [3.8, 4) is 0 Å². The van der Waals surface area contributed by atoms with Gasteiger partial charge in [0.05, 0.1) is 0 Å². The van der Waals surface area contributed by atoms with Crippen LogP contribution in [0.15, 0.2) is 40.0 Å². The summed E-state index contributed by atoms with van der Waals surface area (Å²) in [6.45, 7) is 0. The van der Waals surface area contributed by atoms with Gasteiger partial charge in [-0.05, 0) is 37.5 Å². The number of benzene rings is 1. The van der Waals surface area contributed by atoms with Crippen LogP contribution in [0, 0.1) is 3.57 Å². The van der Waals surface area contributed by atoms with Gasteiger partial charge in [0, 0.05) is 6.42 Å². The standard InChI is InChI=1S/C12H14I/c1-3-7-11(8-4-1)13-12-9-5-2-6-10-12/h1,3-4,7-9H,2,5-6,10H2/q+1. The Hall–Kier alpha value is -0.310. The van der Waals surface area contributed by atoms with Gasteiger partial charge < -0.3 is 0 Å². The molecule has 2 rings (SSSR count). The van der Waals surface area contributed by atoms with Crippen LogP contribution in [-0.4, -0.2) is 0 Å². The van der Waals surface area contributed by atoms with Gasteiger partial charge in [0.15, 0.2) is 7.15 Å². The largest absolute Gasteiger partial charge is 0.352 e. The van der Waals surface area contributed by atoms with Crippen LogP contribution in [0.5, 0.6) is 0 Å². The highest BCUT2D eigenvalue weighted by Crippen LogP contribution is 2.10. The molecule has 0 saturated heterocycles. The van der Waals surface area contributed by atoms with Crippen molar-refractivity contribution in [2.24, 2.45) is 0 Å². The van der Waals surface area contributed by atoms with Crippen LogP contribution in [0.2, 0.25) is 0 Å². The van der Waals surface area contributed by atoms with E-state index in [4.69, 9.17) is 0 Å². The molecule has 0 saturated carbocycles. The number of halogens is 1. The second-order valence-electron chi connectivity index (χ2n) is 3.29. The van der Waals surface area contributed by atoms with E-state index in [1.54, 1.807) is 7.15 Å². The molecule has 68 valence electrons. The van der Waals surface area contributed by atoms with E-state index in [0.29, 0.717) is 0 Å². The van der Waals surface area contributed by atoms with E-state index in [0.717, 1.165) is 0 Å². The third-order valence-corrected chi connectivity index (χ3v) is 5.21. The first kappa shape index (κ1) is 9.25. The molecular formula is C12H14I+. The quantitative estimate of drug-likeness (QED) is 0.690. The minimum atomic E-state index is 0.167. The van der Waals surface area contributed by atoms with Gasteiger partial charge in [0.2, 0.25) is 0 Å². The maximum absolute atomic E-state index is 2.48. The number of hydrogen-bond acceptors (Lipinski definition) is 0. The lowest BCUT2D eigenvalue weighted by atomic mass is 10.1. The van der Waals surface area contributed by atoms with E-state index < -0.39 is 0 Å². The van der Waals surface area contributed by atoms with E-state index in [1.165, 1.54) is 25.7 Å². The molecule has 0 heterocycles. The fourth-order valence-corrected chi connectivity index (χ4v) is 4.26. The SMILES string of the molecule is C1=C([I+]c2ccccc2)CCCC1. The fraction of sp³-hybridized carbons (Fsp3) is 0.333. The molecule has 0 aromatic heterocycles. The Labute approximate surface area is 90.3 Å². The summed E-state index contributed by atoms with van der Waals surface area (Å²) in [5.41, 5.74) is 0. The number of rotatable bonds is 2. The van der Waals surface area contributed by atoms with E-state index >= 15 is 0 Å². The first-order chi connectivity index (χ1) is 6.45. The van der Waals surface area contributed by atoms with E-state index in [9.17, 15) is 0 Å². The summed E-state index contributed by atoms with van der Waals surface area (Å²) in [7, 11) is 0.